The first-order valence-electron chi connectivity index (χ1n) is 14.8. The fourth-order valence-electron chi connectivity index (χ4n) is 6.83. The third kappa shape index (κ3) is 5.83. The number of aromatic nitrogens is 1. The molecule has 3 aromatic rings. The van der Waals surface area contributed by atoms with E-state index in [9.17, 15) is 18.0 Å². The highest BCUT2D eigenvalue weighted by atomic mass is 79.9. The van der Waals surface area contributed by atoms with Crippen LogP contribution in [0.5, 0.6) is 5.75 Å². The zero-order valence-electron chi connectivity index (χ0n) is 25.4. The van der Waals surface area contributed by atoms with Gasteiger partial charge in [0.15, 0.2) is 0 Å². The van der Waals surface area contributed by atoms with Crippen LogP contribution in [0.15, 0.2) is 47.1 Å². The first-order chi connectivity index (χ1) is 20.4. The van der Waals surface area contributed by atoms with Gasteiger partial charge in [-0.25, -0.2) is 4.72 Å². The van der Waals surface area contributed by atoms with E-state index in [4.69, 9.17) is 9.47 Å². The van der Waals surface area contributed by atoms with Gasteiger partial charge in [0.2, 0.25) is 0 Å². The van der Waals surface area contributed by atoms with Gasteiger partial charge in [-0.15, -0.1) is 0 Å². The molecule has 5 rings (SSSR count). The third-order valence-electron chi connectivity index (χ3n) is 9.31. The lowest BCUT2D eigenvalue weighted by atomic mass is 9.84. The Morgan fingerprint density at radius 3 is 2.47 bits per heavy atom. The second-order valence-corrected chi connectivity index (χ2v) is 14.7. The number of esters is 1. The molecule has 232 valence electrons. The average molecular weight is 675 g/mol. The summed E-state index contributed by atoms with van der Waals surface area (Å²) in [5.41, 5.74) is 2.37. The van der Waals surface area contributed by atoms with E-state index in [2.05, 4.69) is 38.3 Å². The van der Waals surface area contributed by atoms with Crippen LogP contribution in [-0.2, 0) is 26.3 Å². The topological polar surface area (TPSA) is 107 Å². The molecule has 1 amide bonds. The monoisotopic (exact) mass is 673 g/mol. The van der Waals surface area contributed by atoms with Gasteiger partial charge in [-0.2, -0.15) is 12.7 Å². The zero-order chi connectivity index (χ0) is 31.1. The van der Waals surface area contributed by atoms with E-state index >= 15 is 0 Å². The fraction of sp³-hybridized carbons (Fsp3) is 0.500. The second kappa shape index (κ2) is 12.2. The molecule has 0 unspecified atom stereocenters. The van der Waals surface area contributed by atoms with Crippen molar-refractivity contribution in [3.63, 3.8) is 0 Å². The summed E-state index contributed by atoms with van der Waals surface area (Å²) in [4.78, 5) is 26.9. The zero-order valence-corrected chi connectivity index (χ0v) is 27.8. The molecular weight excluding hydrogens is 634 g/mol. The highest BCUT2D eigenvalue weighted by Gasteiger charge is 2.69. The summed E-state index contributed by atoms with van der Waals surface area (Å²) in [5, 5.41) is 1.02. The normalized spacial score (nSPS) is 22.5. The molecule has 2 fully saturated rings. The Hall–Kier alpha value is -2.89. The van der Waals surface area contributed by atoms with E-state index in [-0.39, 0.29) is 30.0 Å². The lowest BCUT2D eigenvalue weighted by Gasteiger charge is -2.21. The minimum atomic E-state index is -3.96. The van der Waals surface area contributed by atoms with E-state index in [1.165, 1.54) is 26.1 Å². The molecule has 0 radical (unpaired) electrons. The SMILES string of the molecule is CCOC(=O)[C@@]1(Cn2cc(C3CCCCC3)c3ccc(C(=O)NS(=O)(=O)N(C)C)cc32)[C@H](c2cc(OC)ccc2Br)[C@@H]1C. The summed E-state index contributed by atoms with van der Waals surface area (Å²) in [7, 11) is 0.390. The number of methoxy groups -OCH3 is 1. The number of rotatable bonds is 10. The van der Waals surface area contributed by atoms with Crippen molar-refractivity contribution in [2.24, 2.45) is 11.3 Å². The van der Waals surface area contributed by atoms with E-state index < -0.39 is 21.5 Å². The number of ether oxygens (including phenoxy) is 2. The number of fused-ring (bicyclic) bond motifs is 1. The largest absolute Gasteiger partial charge is 0.497 e. The summed E-state index contributed by atoms with van der Waals surface area (Å²) >= 11 is 3.70. The van der Waals surface area contributed by atoms with Crippen molar-refractivity contribution in [3.05, 3.63) is 63.8 Å². The molecule has 43 heavy (non-hydrogen) atoms. The molecule has 1 aromatic heterocycles. The molecule has 0 spiro atoms. The molecule has 0 aliphatic heterocycles. The van der Waals surface area contributed by atoms with Crippen LogP contribution >= 0.6 is 15.9 Å². The number of halogens is 1. The number of benzene rings is 2. The quantitative estimate of drug-likeness (QED) is 0.266. The number of nitrogens with one attached hydrogen (secondary N) is 1. The number of amides is 1. The van der Waals surface area contributed by atoms with Crippen LogP contribution in [0.25, 0.3) is 10.9 Å². The molecule has 2 aromatic carbocycles. The highest BCUT2D eigenvalue weighted by Crippen LogP contribution is 2.67. The van der Waals surface area contributed by atoms with Crippen LogP contribution < -0.4 is 9.46 Å². The van der Waals surface area contributed by atoms with Gasteiger partial charge >= 0.3 is 16.2 Å². The Bertz CT molecular complexity index is 1650. The van der Waals surface area contributed by atoms with Crippen molar-refractivity contribution >= 4 is 48.9 Å². The van der Waals surface area contributed by atoms with Crippen molar-refractivity contribution in [2.45, 2.75) is 64.3 Å². The van der Waals surface area contributed by atoms with Crippen molar-refractivity contribution in [1.82, 2.24) is 13.6 Å². The molecule has 1 heterocycles. The maximum atomic E-state index is 13.8. The van der Waals surface area contributed by atoms with Gasteiger partial charge in [-0.1, -0.05) is 48.2 Å². The predicted molar refractivity (Wildman–Crippen MR) is 170 cm³/mol. The maximum absolute atomic E-state index is 13.8. The van der Waals surface area contributed by atoms with Gasteiger partial charge in [0, 0.05) is 53.7 Å². The third-order valence-corrected chi connectivity index (χ3v) is 11.4. The smallest absolute Gasteiger partial charge is 0.314 e. The first-order valence-corrected chi connectivity index (χ1v) is 17.1. The van der Waals surface area contributed by atoms with Gasteiger partial charge < -0.3 is 14.0 Å². The average Bonchev–Trinajstić information content (AvgIpc) is 3.40. The summed E-state index contributed by atoms with van der Waals surface area (Å²) in [6, 6.07) is 11.1. The first kappa shape index (κ1) is 31.5. The van der Waals surface area contributed by atoms with Crippen molar-refractivity contribution < 1.29 is 27.5 Å². The number of nitrogens with zero attached hydrogens (tertiary/aromatic N) is 2. The van der Waals surface area contributed by atoms with Crippen LogP contribution in [-0.4, -0.2) is 57.0 Å². The minimum Gasteiger partial charge on any atom is -0.497 e. The lowest BCUT2D eigenvalue weighted by Crippen LogP contribution is -2.39. The van der Waals surface area contributed by atoms with Crippen molar-refractivity contribution in [3.8, 4) is 5.75 Å². The predicted octanol–water partition coefficient (Wildman–Crippen LogP) is 5.98. The summed E-state index contributed by atoms with van der Waals surface area (Å²) < 4.78 is 42.1. The maximum Gasteiger partial charge on any atom is 0.314 e. The van der Waals surface area contributed by atoms with E-state index in [0.717, 1.165) is 50.9 Å². The van der Waals surface area contributed by atoms with Crippen molar-refractivity contribution in [1.29, 1.82) is 0 Å². The fourth-order valence-corrected chi connectivity index (χ4v) is 7.86. The Labute approximate surface area is 262 Å². The van der Waals surface area contributed by atoms with Crippen LogP contribution in [0.2, 0.25) is 0 Å². The molecule has 9 nitrogen and oxygen atoms in total. The molecule has 1 N–H and O–H groups in total. The molecule has 11 heteroatoms. The molecule has 2 saturated carbocycles. The molecule has 0 bridgehead atoms. The van der Waals surface area contributed by atoms with E-state index in [1.54, 1.807) is 19.2 Å². The number of carbonyl (C=O) groups is 2. The van der Waals surface area contributed by atoms with E-state index in [0.29, 0.717) is 18.2 Å². The standard InChI is InChI=1S/C32H40BrN3O6S/c1-6-42-31(38)32(20(2)29(32)25-17-23(41-5)13-15-27(25)33)19-36-18-26(21-10-8-7-9-11-21)24-14-12-22(16-28(24)36)30(37)34-43(39,40)35(3)4/h12-18,20-21,29H,6-11,19H2,1-5H3,(H,34,37)/t20-,29-,32+/m0/s1. The Morgan fingerprint density at radius 1 is 1.09 bits per heavy atom. The van der Waals surface area contributed by atoms with Gasteiger partial charge in [0.25, 0.3) is 5.91 Å². The van der Waals surface area contributed by atoms with Crippen molar-refractivity contribution in [2.75, 3.05) is 27.8 Å². The van der Waals surface area contributed by atoms with Gasteiger partial charge in [-0.3, -0.25) is 9.59 Å². The second-order valence-electron chi connectivity index (χ2n) is 11.9. The highest BCUT2D eigenvalue weighted by molar-refractivity contribution is 9.10. The molecule has 2 aliphatic carbocycles. The summed E-state index contributed by atoms with van der Waals surface area (Å²) in [6.45, 7) is 4.51. The van der Waals surface area contributed by atoms with E-state index in [1.807, 2.05) is 31.2 Å². The molecule has 2 aliphatic rings. The number of hydrogen-bond acceptors (Lipinski definition) is 6. The summed E-state index contributed by atoms with van der Waals surface area (Å²) in [5.74, 6) is -0.0188. The summed E-state index contributed by atoms with van der Waals surface area (Å²) in [6.07, 6.45) is 7.86. The van der Waals surface area contributed by atoms with Crippen LogP contribution in [0, 0.1) is 11.3 Å². The molecule has 3 atom stereocenters. The number of hydrogen-bond donors (Lipinski definition) is 1. The minimum absolute atomic E-state index is 0.0257. The van der Waals surface area contributed by atoms with Crippen LogP contribution in [0.3, 0.4) is 0 Å². The number of carbonyl (C=O) groups excluding carboxylic acids is 2. The Kier molecular flexibility index (Phi) is 8.98. The van der Waals surface area contributed by atoms with Crippen LogP contribution in [0.1, 0.15) is 79.3 Å². The Balaban J connectivity index is 1.61. The Morgan fingerprint density at radius 2 is 1.81 bits per heavy atom. The van der Waals surface area contributed by atoms with Gasteiger partial charge in [0.05, 0.1) is 19.1 Å². The molecular formula is C32H40BrN3O6S. The van der Waals surface area contributed by atoms with Crippen LogP contribution in [0.4, 0.5) is 0 Å². The van der Waals surface area contributed by atoms with Gasteiger partial charge in [0.1, 0.15) is 5.75 Å². The molecule has 0 saturated heterocycles. The lowest BCUT2D eigenvalue weighted by molar-refractivity contribution is -0.151. The van der Waals surface area contributed by atoms with Gasteiger partial charge in [-0.05, 0) is 73.1 Å².